The molecule has 6 heteroatoms. The molecular weight excluding hydrogens is 264 g/mol. The van der Waals surface area contributed by atoms with Crippen LogP contribution in [0.2, 0.25) is 0 Å². The molecule has 2 amide bonds. The third kappa shape index (κ3) is 5.85. The SMILES string of the molecule is CCC(C)(O)CNC(=O)CCNC(=O)c1cccs1. The van der Waals surface area contributed by atoms with Gasteiger partial charge >= 0.3 is 0 Å². The average molecular weight is 284 g/mol. The summed E-state index contributed by atoms with van der Waals surface area (Å²) in [6.07, 6.45) is 0.777. The smallest absolute Gasteiger partial charge is 0.261 e. The van der Waals surface area contributed by atoms with Gasteiger partial charge in [-0.25, -0.2) is 0 Å². The first-order valence-corrected chi connectivity index (χ1v) is 7.13. The molecule has 0 aliphatic heterocycles. The molecule has 0 bridgehead atoms. The predicted octanol–water partition coefficient (Wildman–Crippen LogP) is 1.15. The summed E-state index contributed by atoms with van der Waals surface area (Å²) in [5, 5.41) is 16.9. The highest BCUT2D eigenvalue weighted by atomic mass is 32.1. The van der Waals surface area contributed by atoms with Gasteiger partial charge < -0.3 is 15.7 Å². The summed E-state index contributed by atoms with van der Waals surface area (Å²) in [6.45, 7) is 4.04. The number of amides is 2. The maximum Gasteiger partial charge on any atom is 0.261 e. The molecule has 0 saturated heterocycles. The summed E-state index contributed by atoms with van der Waals surface area (Å²) in [7, 11) is 0. The van der Waals surface area contributed by atoms with Gasteiger partial charge in [0, 0.05) is 19.5 Å². The van der Waals surface area contributed by atoms with Crippen molar-refractivity contribution in [2.24, 2.45) is 0 Å². The first-order chi connectivity index (χ1) is 8.94. The molecule has 1 aromatic rings. The molecule has 19 heavy (non-hydrogen) atoms. The maximum atomic E-state index is 11.6. The van der Waals surface area contributed by atoms with Gasteiger partial charge in [-0.15, -0.1) is 11.3 Å². The van der Waals surface area contributed by atoms with Crippen LogP contribution in [0.15, 0.2) is 17.5 Å². The van der Waals surface area contributed by atoms with Gasteiger partial charge in [-0.05, 0) is 24.8 Å². The van der Waals surface area contributed by atoms with Crippen LogP contribution < -0.4 is 10.6 Å². The summed E-state index contributed by atoms with van der Waals surface area (Å²) in [5.74, 6) is -0.344. The van der Waals surface area contributed by atoms with Gasteiger partial charge in [0.1, 0.15) is 0 Å². The molecule has 1 heterocycles. The fourth-order valence-electron chi connectivity index (χ4n) is 1.29. The van der Waals surface area contributed by atoms with Crippen LogP contribution in [0.4, 0.5) is 0 Å². The molecule has 0 saturated carbocycles. The average Bonchev–Trinajstić information content (AvgIpc) is 2.90. The molecule has 1 unspecified atom stereocenters. The number of hydrogen-bond donors (Lipinski definition) is 3. The Bertz CT molecular complexity index is 416. The summed E-state index contributed by atoms with van der Waals surface area (Å²) >= 11 is 1.36. The minimum atomic E-state index is -0.879. The summed E-state index contributed by atoms with van der Waals surface area (Å²) in [6, 6.07) is 3.54. The van der Waals surface area contributed by atoms with Crippen molar-refractivity contribution >= 4 is 23.2 Å². The molecule has 0 aromatic carbocycles. The Labute approximate surface area is 117 Å². The molecule has 1 aromatic heterocycles. The molecule has 0 spiro atoms. The van der Waals surface area contributed by atoms with Crippen molar-refractivity contribution in [2.75, 3.05) is 13.1 Å². The lowest BCUT2D eigenvalue weighted by Gasteiger charge is -2.21. The second kappa shape index (κ2) is 7.25. The predicted molar refractivity (Wildman–Crippen MR) is 75.2 cm³/mol. The van der Waals surface area contributed by atoms with Crippen LogP contribution in [0.5, 0.6) is 0 Å². The maximum absolute atomic E-state index is 11.6. The summed E-state index contributed by atoms with van der Waals surface area (Å²) < 4.78 is 0. The zero-order chi connectivity index (χ0) is 14.3. The molecule has 1 rings (SSSR count). The van der Waals surface area contributed by atoms with Crippen molar-refractivity contribution in [1.29, 1.82) is 0 Å². The van der Waals surface area contributed by atoms with Crippen LogP contribution >= 0.6 is 11.3 Å². The van der Waals surface area contributed by atoms with Crippen molar-refractivity contribution in [3.63, 3.8) is 0 Å². The topological polar surface area (TPSA) is 78.4 Å². The van der Waals surface area contributed by atoms with Gasteiger partial charge in [0.05, 0.1) is 10.5 Å². The van der Waals surface area contributed by atoms with Crippen LogP contribution in [-0.4, -0.2) is 35.6 Å². The lowest BCUT2D eigenvalue weighted by molar-refractivity contribution is -0.122. The number of nitrogens with one attached hydrogen (secondary N) is 2. The van der Waals surface area contributed by atoms with E-state index in [9.17, 15) is 14.7 Å². The Hall–Kier alpha value is -1.40. The molecule has 3 N–H and O–H groups in total. The van der Waals surface area contributed by atoms with Crippen molar-refractivity contribution < 1.29 is 14.7 Å². The van der Waals surface area contributed by atoms with E-state index in [1.807, 2.05) is 12.3 Å². The molecule has 106 valence electrons. The monoisotopic (exact) mass is 284 g/mol. The summed E-state index contributed by atoms with van der Waals surface area (Å²) in [4.78, 5) is 23.7. The molecule has 0 aliphatic rings. The van der Waals surface area contributed by atoms with E-state index in [1.165, 1.54) is 11.3 Å². The van der Waals surface area contributed by atoms with Gasteiger partial charge in [0.25, 0.3) is 5.91 Å². The molecule has 0 aliphatic carbocycles. The van der Waals surface area contributed by atoms with Crippen LogP contribution in [-0.2, 0) is 4.79 Å². The fourth-order valence-corrected chi connectivity index (χ4v) is 1.93. The van der Waals surface area contributed by atoms with E-state index in [0.29, 0.717) is 11.3 Å². The Balaban J connectivity index is 2.19. The van der Waals surface area contributed by atoms with Crippen LogP contribution in [0.3, 0.4) is 0 Å². The second-order valence-electron chi connectivity index (χ2n) is 4.61. The van der Waals surface area contributed by atoms with Gasteiger partial charge in [0.2, 0.25) is 5.91 Å². The standard InChI is InChI=1S/C13H20N2O3S/c1-3-13(2,18)9-15-11(16)6-7-14-12(17)10-5-4-8-19-10/h4-5,8,18H,3,6-7,9H2,1-2H3,(H,14,17)(H,15,16). The zero-order valence-electron chi connectivity index (χ0n) is 11.2. The normalized spacial score (nSPS) is 13.6. The third-order valence-electron chi connectivity index (χ3n) is 2.81. The van der Waals surface area contributed by atoms with Crippen molar-refractivity contribution in [1.82, 2.24) is 10.6 Å². The number of thiophene rings is 1. The van der Waals surface area contributed by atoms with E-state index < -0.39 is 5.60 Å². The Kier molecular flexibility index (Phi) is 5.98. The van der Waals surface area contributed by atoms with E-state index >= 15 is 0 Å². The molecule has 1 atom stereocenters. The molecular formula is C13H20N2O3S. The fraction of sp³-hybridized carbons (Fsp3) is 0.538. The number of hydrogen-bond acceptors (Lipinski definition) is 4. The first kappa shape index (κ1) is 15.7. The van der Waals surface area contributed by atoms with Crippen LogP contribution in [0.25, 0.3) is 0 Å². The second-order valence-corrected chi connectivity index (χ2v) is 5.56. The van der Waals surface area contributed by atoms with Crippen LogP contribution in [0.1, 0.15) is 36.4 Å². The van der Waals surface area contributed by atoms with E-state index in [0.717, 1.165) is 0 Å². The Morgan fingerprint density at radius 1 is 1.42 bits per heavy atom. The van der Waals surface area contributed by atoms with E-state index in [4.69, 9.17) is 0 Å². The Morgan fingerprint density at radius 2 is 2.16 bits per heavy atom. The zero-order valence-corrected chi connectivity index (χ0v) is 12.0. The van der Waals surface area contributed by atoms with Gasteiger partial charge in [-0.1, -0.05) is 13.0 Å². The third-order valence-corrected chi connectivity index (χ3v) is 3.68. The van der Waals surface area contributed by atoms with Gasteiger partial charge in [0.15, 0.2) is 0 Å². The molecule has 0 radical (unpaired) electrons. The lowest BCUT2D eigenvalue weighted by atomic mass is 10.0. The first-order valence-electron chi connectivity index (χ1n) is 6.25. The van der Waals surface area contributed by atoms with Gasteiger partial charge in [-0.3, -0.25) is 9.59 Å². The number of aliphatic hydroxyl groups is 1. The Morgan fingerprint density at radius 3 is 2.74 bits per heavy atom. The molecule has 5 nitrogen and oxygen atoms in total. The van der Waals surface area contributed by atoms with E-state index in [-0.39, 0.29) is 31.3 Å². The lowest BCUT2D eigenvalue weighted by Crippen LogP contribution is -2.41. The van der Waals surface area contributed by atoms with E-state index in [2.05, 4.69) is 10.6 Å². The van der Waals surface area contributed by atoms with Gasteiger partial charge in [-0.2, -0.15) is 0 Å². The molecule has 0 fully saturated rings. The highest BCUT2D eigenvalue weighted by Gasteiger charge is 2.18. The number of carbonyl (C=O) groups is 2. The summed E-state index contributed by atoms with van der Waals surface area (Å²) in [5.41, 5.74) is -0.879. The number of rotatable bonds is 7. The largest absolute Gasteiger partial charge is 0.388 e. The highest BCUT2D eigenvalue weighted by Crippen LogP contribution is 2.07. The van der Waals surface area contributed by atoms with Crippen molar-refractivity contribution in [2.45, 2.75) is 32.3 Å². The van der Waals surface area contributed by atoms with E-state index in [1.54, 1.807) is 19.1 Å². The van der Waals surface area contributed by atoms with Crippen LogP contribution in [0, 0.1) is 0 Å². The van der Waals surface area contributed by atoms with Crippen molar-refractivity contribution in [3.8, 4) is 0 Å². The minimum Gasteiger partial charge on any atom is -0.388 e. The highest BCUT2D eigenvalue weighted by molar-refractivity contribution is 7.12. The minimum absolute atomic E-state index is 0.164. The quantitative estimate of drug-likeness (QED) is 0.702. The van der Waals surface area contributed by atoms with Crippen molar-refractivity contribution in [3.05, 3.63) is 22.4 Å². The number of carbonyl (C=O) groups excluding carboxylic acids is 2.